The summed E-state index contributed by atoms with van der Waals surface area (Å²) in [5.74, 6) is 0. The number of nitrogens with one attached hydrogen (secondary N) is 1. The summed E-state index contributed by atoms with van der Waals surface area (Å²) in [6.07, 6.45) is 1.12. The van der Waals surface area contributed by atoms with Crippen LogP contribution in [-0.4, -0.2) is 40.7 Å². The topological polar surface area (TPSA) is 65.5 Å². The summed E-state index contributed by atoms with van der Waals surface area (Å²) in [7, 11) is 1.72. The fraction of sp³-hybridized carbons (Fsp3) is 0.667. The number of hydrogen-bond donors (Lipinski definition) is 2. The minimum absolute atomic E-state index is 0.137. The average Bonchev–Trinajstić information content (AvgIpc) is 2.80. The number of thiazole rings is 1. The molecule has 1 rings (SSSR count). The molecule has 0 radical (unpaired) electrons. The first-order chi connectivity index (χ1) is 8.52. The van der Waals surface area contributed by atoms with E-state index in [1.807, 2.05) is 5.38 Å². The van der Waals surface area contributed by atoms with Crippen LogP contribution in [0.15, 0.2) is 5.38 Å². The molecule has 102 valence electrons. The number of urea groups is 1. The van der Waals surface area contributed by atoms with Gasteiger partial charge in [-0.2, -0.15) is 0 Å². The van der Waals surface area contributed by atoms with Crippen molar-refractivity contribution >= 4 is 17.4 Å². The molecule has 0 aromatic carbocycles. The van der Waals surface area contributed by atoms with E-state index in [4.69, 9.17) is 5.11 Å². The van der Waals surface area contributed by atoms with Crippen LogP contribution in [0.5, 0.6) is 0 Å². The number of nitrogens with zero attached hydrogens (tertiary/aromatic N) is 2. The van der Waals surface area contributed by atoms with Crippen LogP contribution in [0.25, 0.3) is 0 Å². The SMILES string of the molecule is CCc1nc(CNC(=O)N(C)CCC(C)O)cs1. The van der Waals surface area contributed by atoms with Crippen molar-refractivity contribution < 1.29 is 9.90 Å². The number of carbonyl (C=O) groups is 1. The maximum atomic E-state index is 11.7. The molecule has 0 aliphatic rings. The molecule has 0 aliphatic heterocycles. The molecule has 2 amide bonds. The predicted molar refractivity (Wildman–Crippen MR) is 72.7 cm³/mol. The van der Waals surface area contributed by atoms with Gasteiger partial charge in [-0.15, -0.1) is 11.3 Å². The smallest absolute Gasteiger partial charge is 0.317 e. The monoisotopic (exact) mass is 271 g/mol. The van der Waals surface area contributed by atoms with Crippen molar-refractivity contribution in [3.05, 3.63) is 16.1 Å². The van der Waals surface area contributed by atoms with Crippen molar-refractivity contribution in [2.24, 2.45) is 0 Å². The lowest BCUT2D eigenvalue weighted by Gasteiger charge is -2.18. The molecule has 1 aromatic heterocycles. The van der Waals surface area contributed by atoms with Gasteiger partial charge in [0.25, 0.3) is 0 Å². The molecule has 0 bridgehead atoms. The second-order valence-corrected chi connectivity index (χ2v) is 5.25. The predicted octanol–water partition coefficient (Wildman–Crippen LogP) is 1.62. The van der Waals surface area contributed by atoms with E-state index >= 15 is 0 Å². The van der Waals surface area contributed by atoms with E-state index in [1.54, 1.807) is 30.2 Å². The van der Waals surface area contributed by atoms with E-state index in [2.05, 4.69) is 17.2 Å². The lowest BCUT2D eigenvalue weighted by molar-refractivity contribution is 0.163. The van der Waals surface area contributed by atoms with Gasteiger partial charge in [0.05, 0.1) is 23.4 Å². The number of aromatic nitrogens is 1. The highest BCUT2D eigenvalue weighted by Crippen LogP contribution is 2.09. The molecule has 6 heteroatoms. The molecular weight excluding hydrogens is 250 g/mol. The van der Waals surface area contributed by atoms with Gasteiger partial charge in [0, 0.05) is 19.0 Å². The van der Waals surface area contributed by atoms with Gasteiger partial charge in [-0.05, 0) is 19.8 Å². The molecule has 0 spiro atoms. The number of amides is 2. The van der Waals surface area contributed by atoms with Gasteiger partial charge < -0.3 is 15.3 Å². The first-order valence-corrected chi connectivity index (χ1v) is 7.01. The third-order valence-electron chi connectivity index (χ3n) is 2.55. The molecule has 0 aliphatic carbocycles. The van der Waals surface area contributed by atoms with Crippen LogP contribution in [0, 0.1) is 0 Å². The van der Waals surface area contributed by atoms with Crippen LogP contribution in [0.2, 0.25) is 0 Å². The van der Waals surface area contributed by atoms with E-state index in [0.717, 1.165) is 17.1 Å². The fourth-order valence-electron chi connectivity index (χ4n) is 1.38. The largest absolute Gasteiger partial charge is 0.393 e. The lowest BCUT2D eigenvalue weighted by atomic mass is 10.3. The highest BCUT2D eigenvalue weighted by atomic mass is 32.1. The van der Waals surface area contributed by atoms with Crippen molar-refractivity contribution in [2.45, 2.75) is 39.3 Å². The van der Waals surface area contributed by atoms with Gasteiger partial charge in [-0.1, -0.05) is 6.92 Å². The molecule has 0 saturated heterocycles. The molecule has 1 heterocycles. The van der Waals surface area contributed by atoms with Crippen LogP contribution in [0.3, 0.4) is 0 Å². The number of rotatable bonds is 6. The van der Waals surface area contributed by atoms with Crippen LogP contribution in [0.4, 0.5) is 4.79 Å². The van der Waals surface area contributed by atoms with Crippen LogP contribution in [-0.2, 0) is 13.0 Å². The molecule has 0 saturated carbocycles. The van der Waals surface area contributed by atoms with Crippen LogP contribution < -0.4 is 5.32 Å². The van der Waals surface area contributed by atoms with E-state index in [-0.39, 0.29) is 12.1 Å². The fourth-order valence-corrected chi connectivity index (χ4v) is 2.12. The van der Waals surface area contributed by atoms with Crippen LogP contribution in [0.1, 0.15) is 31.0 Å². The Hall–Kier alpha value is -1.14. The van der Waals surface area contributed by atoms with Crippen molar-refractivity contribution in [1.82, 2.24) is 15.2 Å². The van der Waals surface area contributed by atoms with Gasteiger partial charge in [-0.25, -0.2) is 9.78 Å². The molecule has 1 unspecified atom stereocenters. The third kappa shape index (κ3) is 5.01. The van der Waals surface area contributed by atoms with Crippen molar-refractivity contribution in [1.29, 1.82) is 0 Å². The highest BCUT2D eigenvalue weighted by molar-refractivity contribution is 7.09. The van der Waals surface area contributed by atoms with Crippen molar-refractivity contribution in [2.75, 3.05) is 13.6 Å². The molecule has 5 nitrogen and oxygen atoms in total. The Morgan fingerprint density at radius 3 is 2.94 bits per heavy atom. The average molecular weight is 271 g/mol. The van der Waals surface area contributed by atoms with Gasteiger partial charge in [0.1, 0.15) is 0 Å². The van der Waals surface area contributed by atoms with Crippen LogP contribution >= 0.6 is 11.3 Å². The van der Waals surface area contributed by atoms with E-state index in [1.165, 1.54) is 0 Å². The first kappa shape index (κ1) is 14.9. The summed E-state index contributed by atoms with van der Waals surface area (Å²) in [6, 6.07) is -0.137. The molecular formula is C12H21N3O2S. The molecule has 1 aromatic rings. The van der Waals surface area contributed by atoms with Gasteiger partial charge in [-0.3, -0.25) is 0 Å². The minimum atomic E-state index is -0.383. The molecule has 1 atom stereocenters. The summed E-state index contributed by atoms with van der Waals surface area (Å²) in [4.78, 5) is 17.7. The Morgan fingerprint density at radius 2 is 2.39 bits per heavy atom. The summed E-state index contributed by atoms with van der Waals surface area (Å²) >= 11 is 1.61. The zero-order valence-corrected chi connectivity index (χ0v) is 12.0. The number of aryl methyl sites for hydroxylation is 1. The Morgan fingerprint density at radius 1 is 1.67 bits per heavy atom. The van der Waals surface area contributed by atoms with E-state index < -0.39 is 0 Å². The van der Waals surface area contributed by atoms with Crippen molar-refractivity contribution in [3.8, 4) is 0 Å². The maximum absolute atomic E-state index is 11.7. The lowest BCUT2D eigenvalue weighted by Crippen LogP contribution is -2.38. The quantitative estimate of drug-likeness (QED) is 0.826. The number of aliphatic hydroxyl groups is 1. The maximum Gasteiger partial charge on any atom is 0.317 e. The summed E-state index contributed by atoms with van der Waals surface area (Å²) in [6.45, 7) is 4.77. The Labute approximate surface area is 112 Å². The number of aliphatic hydroxyl groups excluding tert-OH is 1. The minimum Gasteiger partial charge on any atom is -0.393 e. The molecule has 0 fully saturated rings. The Bertz CT molecular complexity index is 379. The molecule has 18 heavy (non-hydrogen) atoms. The Kier molecular flexibility index (Phi) is 6.07. The summed E-state index contributed by atoms with van der Waals surface area (Å²) in [5, 5.41) is 15.0. The molecule has 2 N–H and O–H groups in total. The zero-order valence-electron chi connectivity index (χ0n) is 11.1. The van der Waals surface area contributed by atoms with Crippen molar-refractivity contribution in [3.63, 3.8) is 0 Å². The first-order valence-electron chi connectivity index (χ1n) is 6.13. The van der Waals surface area contributed by atoms with Gasteiger partial charge >= 0.3 is 6.03 Å². The van der Waals surface area contributed by atoms with Gasteiger partial charge in [0.15, 0.2) is 0 Å². The summed E-state index contributed by atoms with van der Waals surface area (Å²) in [5.41, 5.74) is 0.897. The number of hydrogen-bond acceptors (Lipinski definition) is 4. The summed E-state index contributed by atoms with van der Waals surface area (Å²) < 4.78 is 0. The van der Waals surface area contributed by atoms with E-state index in [0.29, 0.717) is 19.5 Å². The Balaban J connectivity index is 2.31. The normalized spacial score (nSPS) is 12.2. The second kappa shape index (κ2) is 7.33. The standard InChI is InChI=1S/C12H21N3O2S/c1-4-11-14-10(8-18-11)7-13-12(17)15(3)6-5-9(2)16/h8-9,16H,4-7H2,1-3H3,(H,13,17). The zero-order chi connectivity index (χ0) is 13.5. The van der Waals surface area contributed by atoms with Gasteiger partial charge in [0.2, 0.25) is 0 Å². The van der Waals surface area contributed by atoms with E-state index in [9.17, 15) is 4.79 Å². The number of carbonyl (C=O) groups excluding carboxylic acids is 1. The highest BCUT2D eigenvalue weighted by Gasteiger charge is 2.09. The third-order valence-corrected chi connectivity index (χ3v) is 3.59. The second-order valence-electron chi connectivity index (χ2n) is 4.30.